The Morgan fingerprint density at radius 3 is 2.70 bits per heavy atom. The van der Waals surface area contributed by atoms with Crippen LogP contribution in [-0.2, 0) is 22.3 Å². The van der Waals surface area contributed by atoms with Crippen molar-refractivity contribution in [2.45, 2.75) is 75.7 Å². The van der Waals surface area contributed by atoms with E-state index in [0.717, 1.165) is 37.6 Å². The van der Waals surface area contributed by atoms with Crippen molar-refractivity contribution in [2.24, 2.45) is 5.92 Å². The van der Waals surface area contributed by atoms with Gasteiger partial charge in [0.2, 0.25) is 0 Å². The molecule has 0 amide bonds. The van der Waals surface area contributed by atoms with Crippen LogP contribution in [0, 0.1) is 5.92 Å². The summed E-state index contributed by atoms with van der Waals surface area (Å²) in [5.41, 5.74) is 2.55. The molecular weight excluding hydrogens is 376 g/mol. The average molecular weight is 412 g/mol. The molecule has 30 heavy (non-hydrogen) atoms. The Labute approximate surface area is 179 Å². The van der Waals surface area contributed by atoms with Crippen LogP contribution in [0.1, 0.15) is 55.8 Å². The van der Waals surface area contributed by atoms with Crippen molar-refractivity contribution in [3.8, 4) is 0 Å². The molecule has 1 aromatic carbocycles. The lowest BCUT2D eigenvalue weighted by Gasteiger charge is -2.20. The predicted octanol–water partition coefficient (Wildman–Crippen LogP) is 2.30. The summed E-state index contributed by atoms with van der Waals surface area (Å²) in [4.78, 5) is 0. The van der Waals surface area contributed by atoms with Crippen LogP contribution >= 0.6 is 0 Å². The van der Waals surface area contributed by atoms with E-state index >= 15 is 0 Å². The van der Waals surface area contributed by atoms with Crippen LogP contribution < -0.4 is 5.32 Å². The number of nitrogens with zero attached hydrogens (tertiary/aromatic N) is 3. The molecule has 2 N–H and O–H groups in total. The molecule has 1 saturated carbocycles. The van der Waals surface area contributed by atoms with Crippen molar-refractivity contribution in [3.05, 3.63) is 47.8 Å². The predicted molar refractivity (Wildman–Crippen MR) is 114 cm³/mol. The highest BCUT2D eigenvalue weighted by molar-refractivity contribution is 5.14. The molecule has 1 aliphatic carbocycles. The van der Waals surface area contributed by atoms with Crippen LogP contribution in [0.5, 0.6) is 0 Å². The van der Waals surface area contributed by atoms with Gasteiger partial charge in [0.15, 0.2) is 0 Å². The molecule has 0 bridgehead atoms. The Morgan fingerprint density at radius 2 is 1.83 bits per heavy atom. The summed E-state index contributed by atoms with van der Waals surface area (Å²) in [5, 5.41) is 11.3. The molecule has 162 valence electrons. The summed E-state index contributed by atoms with van der Waals surface area (Å²) >= 11 is 0. The summed E-state index contributed by atoms with van der Waals surface area (Å²) in [6.07, 6.45) is 12.6. The molecule has 2 saturated heterocycles. The number of nitrogens with two attached hydrogens (primary N) is 1. The van der Waals surface area contributed by atoms with Gasteiger partial charge in [0, 0.05) is 12.6 Å². The zero-order chi connectivity index (χ0) is 20.2. The van der Waals surface area contributed by atoms with Gasteiger partial charge in [-0.05, 0) is 24.3 Å². The first-order valence-corrected chi connectivity index (χ1v) is 11.9. The number of hydrogen-bond donors (Lipinski definition) is 1. The Hall–Kier alpha value is -1.76. The van der Waals surface area contributed by atoms with E-state index in [2.05, 4.69) is 52.2 Å². The standard InChI is InChI=1S/C24H34N4O2/c1-3-8-18(9-4-1)12-7-13-25-21-16-29-24-22(17-30-23(21)24)28-15-20(26-27-28)14-19-10-5-2-6-11-19/h1,3-4,8-9,15,19,21-25H,2,5-7,10-14,16-17H2/p+1/t21-,22-,23+,24+/m0/s1. The molecule has 3 fully saturated rings. The monoisotopic (exact) mass is 411 g/mol. The maximum Gasteiger partial charge on any atom is 0.140 e. The fraction of sp³-hybridized carbons (Fsp3) is 0.667. The van der Waals surface area contributed by atoms with Gasteiger partial charge in [0.25, 0.3) is 0 Å². The second-order valence-corrected chi connectivity index (χ2v) is 9.34. The van der Waals surface area contributed by atoms with Crippen LogP contribution in [-0.4, -0.2) is 53.0 Å². The molecule has 3 heterocycles. The molecule has 6 heteroatoms. The van der Waals surface area contributed by atoms with Gasteiger partial charge in [-0.1, -0.05) is 67.6 Å². The lowest BCUT2D eigenvalue weighted by molar-refractivity contribution is -0.693. The van der Waals surface area contributed by atoms with Gasteiger partial charge < -0.3 is 14.8 Å². The van der Waals surface area contributed by atoms with E-state index in [0.29, 0.717) is 12.6 Å². The lowest BCUT2D eigenvalue weighted by Crippen LogP contribution is -2.92. The fourth-order valence-electron chi connectivity index (χ4n) is 5.48. The molecular formula is C24H35N4O2+. The van der Waals surface area contributed by atoms with E-state index < -0.39 is 0 Å². The number of ether oxygens (including phenoxy) is 2. The third-order valence-corrected chi connectivity index (χ3v) is 7.17. The quantitative estimate of drug-likeness (QED) is 0.677. The minimum Gasteiger partial charge on any atom is -0.367 e. The van der Waals surface area contributed by atoms with Gasteiger partial charge in [-0.2, -0.15) is 0 Å². The molecule has 1 aromatic heterocycles. The lowest BCUT2D eigenvalue weighted by atomic mass is 9.86. The van der Waals surface area contributed by atoms with Crippen LogP contribution in [0.4, 0.5) is 0 Å². The van der Waals surface area contributed by atoms with Crippen molar-refractivity contribution < 1.29 is 14.8 Å². The third kappa shape index (κ3) is 4.61. The van der Waals surface area contributed by atoms with E-state index in [4.69, 9.17) is 9.47 Å². The van der Waals surface area contributed by atoms with E-state index in [1.54, 1.807) is 0 Å². The van der Waals surface area contributed by atoms with Gasteiger partial charge in [0.05, 0.1) is 18.8 Å². The van der Waals surface area contributed by atoms with Gasteiger partial charge in [0.1, 0.15) is 30.9 Å². The first-order chi connectivity index (χ1) is 14.9. The number of benzene rings is 1. The van der Waals surface area contributed by atoms with E-state index in [1.807, 2.05) is 4.68 Å². The van der Waals surface area contributed by atoms with E-state index in [-0.39, 0.29) is 18.2 Å². The topological polar surface area (TPSA) is 65.8 Å². The molecule has 0 radical (unpaired) electrons. The highest BCUT2D eigenvalue weighted by atomic mass is 16.6. The molecule has 5 rings (SSSR count). The molecule has 0 unspecified atom stereocenters. The Morgan fingerprint density at radius 1 is 1.00 bits per heavy atom. The van der Waals surface area contributed by atoms with Gasteiger partial charge >= 0.3 is 0 Å². The fourth-order valence-corrected chi connectivity index (χ4v) is 5.48. The molecule has 2 aromatic rings. The van der Waals surface area contributed by atoms with Crippen molar-refractivity contribution >= 4 is 0 Å². The van der Waals surface area contributed by atoms with Gasteiger partial charge in [-0.3, -0.25) is 0 Å². The summed E-state index contributed by atoms with van der Waals surface area (Å²) in [5.74, 6) is 0.786. The van der Waals surface area contributed by atoms with E-state index in [9.17, 15) is 0 Å². The number of quaternary nitrogens is 1. The Balaban J connectivity index is 1.10. The molecule has 2 aliphatic heterocycles. The smallest absolute Gasteiger partial charge is 0.140 e. The van der Waals surface area contributed by atoms with Crippen molar-refractivity contribution in [3.63, 3.8) is 0 Å². The van der Waals surface area contributed by atoms with Crippen LogP contribution in [0.2, 0.25) is 0 Å². The number of rotatable bonds is 8. The average Bonchev–Trinajstić information content (AvgIpc) is 3.50. The second kappa shape index (κ2) is 9.58. The third-order valence-electron chi connectivity index (χ3n) is 7.17. The maximum absolute atomic E-state index is 6.19. The summed E-state index contributed by atoms with van der Waals surface area (Å²) in [7, 11) is 0. The van der Waals surface area contributed by atoms with Crippen LogP contribution in [0.15, 0.2) is 36.5 Å². The minimum absolute atomic E-state index is 0.101. The number of aromatic nitrogens is 3. The highest BCUT2D eigenvalue weighted by Gasteiger charge is 2.50. The summed E-state index contributed by atoms with van der Waals surface area (Å²) < 4.78 is 14.4. The first-order valence-electron chi connectivity index (χ1n) is 11.9. The zero-order valence-corrected chi connectivity index (χ0v) is 17.9. The normalized spacial score (nSPS) is 29.3. The Bertz CT molecular complexity index is 790. The van der Waals surface area contributed by atoms with Crippen molar-refractivity contribution in [2.75, 3.05) is 19.8 Å². The number of fused-ring (bicyclic) bond motifs is 1. The van der Waals surface area contributed by atoms with Crippen LogP contribution in [0.25, 0.3) is 0 Å². The van der Waals surface area contributed by atoms with E-state index in [1.165, 1.54) is 44.1 Å². The SMILES string of the molecule is c1ccc(CCC[NH2+][C@H]2CO[C@H]3[C@@H]2OC[C@@H]3n2cc(CC3CCCCC3)nn2)cc1. The largest absolute Gasteiger partial charge is 0.367 e. The van der Waals surface area contributed by atoms with Gasteiger partial charge in [-0.15, -0.1) is 5.10 Å². The Kier molecular flexibility index (Phi) is 6.44. The molecule has 4 atom stereocenters. The van der Waals surface area contributed by atoms with Crippen molar-refractivity contribution in [1.82, 2.24) is 15.0 Å². The molecule has 0 spiro atoms. The zero-order valence-electron chi connectivity index (χ0n) is 17.9. The maximum atomic E-state index is 6.19. The minimum atomic E-state index is 0.101. The van der Waals surface area contributed by atoms with Gasteiger partial charge in [-0.25, -0.2) is 4.68 Å². The van der Waals surface area contributed by atoms with Crippen molar-refractivity contribution in [1.29, 1.82) is 0 Å². The molecule has 3 aliphatic rings. The number of aryl methyl sites for hydroxylation is 1. The number of hydrogen-bond acceptors (Lipinski definition) is 4. The highest BCUT2D eigenvalue weighted by Crippen LogP contribution is 2.33. The first kappa shape index (κ1) is 20.2. The summed E-state index contributed by atoms with van der Waals surface area (Å²) in [6, 6.07) is 11.3. The second-order valence-electron chi connectivity index (χ2n) is 9.34. The molecule has 6 nitrogen and oxygen atoms in total. The van der Waals surface area contributed by atoms with Crippen LogP contribution in [0.3, 0.4) is 0 Å². The summed E-state index contributed by atoms with van der Waals surface area (Å²) in [6.45, 7) is 2.55.